The van der Waals surface area contributed by atoms with Crippen LogP contribution in [0.15, 0.2) is 27.1 Å². The molecule has 2 aliphatic heterocycles. The molecule has 4 N–H and O–H groups in total. The van der Waals surface area contributed by atoms with Crippen molar-refractivity contribution >= 4 is 35.7 Å². The number of rotatable bonds is 24. The van der Waals surface area contributed by atoms with Gasteiger partial charge in [-0.25, -0.2) is 15.0 Å². The van der Waals surface area contributed by atoms with E-state index in [-0.39, 0.29) is 36.6 Å². The van der Waals surface area contributed by atoms with Gasteiger partial charge in [-0.3, -0.25) is 19.7 Å². The van der Waals surface area contributed by atoms with E-state index in [0.717, 1.165) is 38.5 Å². The minimum atomic E-state index is -1.35. The molecule has 242 valence electrons. The first kappa shape index (κ1) is 36.3. The second-order valence-electron chi connectivity index (χ2n) is 11.5. The fraction of sp³-hybridized carbons (Fsp3) is 0.750. The maximum absolute atomic E-state index is 12.6. The number of nitrogens with one attached hydrogen (secondary N) is 2. The van der Waals surface area contributed by atoms with Gasteiger partial charge in [0.05, 0.1) is 6.61 Å². The van der Waals surface area contributed by atoms with Gasteiger partial charge in [0, 0.05) is 6.42 Å². The molecular weight excluding hydrogens is 548 g/mol. The molecule has 0 spiro atoms. The number of amides is 1. The number of nitrogens with two attached hydrogens (primary N) is 1. The first-order valence-corrected chi connectivity index (χ1v) is 16.3. The number of carbonyl (C=O) groups excluding carboxylic acids is 3. The van der Waals surface area contributed by atoms with Crippen molar-refractivity contribution in [2.45, 2.75) is 129 Å². The normalized spacial score (nSPS) is 19.0. The monoisotopic (exact) mass is 602 g/mol. The van der Waals surface area contributed by atoms with Gasteiger partial charge in [0.1, 0.15) is 19.0 Å². The summed E-state index contributed by atoms with van der Waals surface area (Å²) in [6, 6.07) is -0.630. The molecule has 43 heavy (non-hydrogen) atoms. The lowest BCUT2D eigenvalue weighted by molar-refractivity contribution is -0.147. The zero-order valence-electron chi connectivity index (χ0n) is 26.6. The molecule has 0 saturated heterocycles. The summed E-state index contributed by atoms with van der Waals surface area (Å²) in [4.78, 5) is 49.8. The lowest BCUT2D eigenvalue weighted by Crippen LogP contribution is -2.65. The van der Waals surface area contributed by atoms with E-state index in [1.54, 1.807) is 0 Å². The maximum atomic E-state index is 12.6. The number of nitrogens with zero attached hydrogens (tertiary/aromatic N) is 3. The van der Waals surface area contributed by atoms with E-state index in [9.17, 15) is 14.4 Å². The Hall–Kier alpha value is -2.92. The molecule has 1 unspecified atom stereocenters. The highest BCUT2D eigenvalue weighted by molar-refractivity contribution is 6.69. The average Bonchev–Trinajstić information content (AvgIpc) is 3.48. The summed E-state index contributed by atoms with van der Waals surface area (Å²) >= 11 is 0. The molecular formula is C32H54N6O5. The van der Waals surface area contributed by atoms with Gasteiger partial charge in [-0.1, -0.05) is 77.9 Å². The first-order chi connectivity index (χ1) is 20.8. The second-order valence-corrected chi connectivity index (χ2v) is 11.5. The van der Waals surface area contributed by atoms with Gasteiger partial charge >= 0.3 is 11.9 Å². The van der Waals surface area contributed by atoms with Crippen LogP contribution in [-0.4, -0.2) is 67.3 Å². The van der Waals surface area contributed by atoms with E-state index in [1.807, 2.05) is 13.8 Å². The number of amidine groups is 1. The predicted molar refractivity (Wildman–Crippen MR) is 171 cm³/mol. The Bertz CT molecular complexity index is 995. The summed E-state index contributed by atoms with van der Waals surface area (Å²) in [5, 5.41) is 5.98. The Morgan fingerprint density at radius 1 is 1.00 bits per heavy atom. The molecule has 2 aliphatic rings. The third kappa shape index (κ3) is 13.9. The Morgan fingerprint density at radius 3 is 2.42 bits per heavy atom. The Kier molecular flexibility index (Phi) is 17.6. The zero-order valence-corrected chi connectivity index (χ0v) is 26.6. The molecule has 11 nitrogen and oxygen atoms in total. The molecule has 3 atom stereocenters. The summed E-state index contributed by atoms with van der Waals surface area (Å²) in [6.45, 7) is 6.62. The van der Waals surface area contributed by atoms with Crippen LogP contribution in [0.1, 0.15) is 117 Å². The van der Waals surface area contributed by atoms with Crippen LogP contribution in [0.4, 0.5) is 0 Å². The number of aliphatic imine (C=N–C) groups is 3. The third-order valence-electron chi connectivity index (χ3n) is 7.76. The minimum absolute atomic E-state index is 0.0552. The van der Waals surface area contributed by atoms with Crippen molar-refractivity contribution < 1.29 is 23.9 Å². The lowest BCUT2D eigenvalue weighted by Gasteiger charge is -2.34. The number of esters is 2. The topological polar surface area (TPSA) is 157 Å². The average molecular weight is 603 g/mol. The smallest absolute Gasteiger partial charge is 0.323 e. The van der Waals surface area contributed by atoms with E-state index in [1.165, 1.54) is 44.9 Å². The van der Waals surface area contributed by atoms with Crippen molar-refractivity contribution in [2.75, 3.05) is 19.8 Å². The first-order valence-electron chi connectivity index (χ1n) is 16.3. The summed E-state index contributed by atoms with van der Waals surface area (Å²) in [5.41, 5.74) is 6.06. The summed E-state index contributed by atoms with van der Waals surface area (Å²) < 4.78 is 10.8. The van der Waals surface area contributed by atoms with Crippen molar-refractivity contribution in [3.05, 3.63) is 12.2 Å². The highest BCUT2D eigenvalue weighted by Gasteiger charge is 2.41. The largest absolute Gasteiger partial charge is 0.465 e. The number of ether oxygens (including phenoxy) is 2. The fourth-order valence-electron chi connectivity index (χ4n) is 4.68. The number of fused-ring (bicyclic) bond motifs is 1. The van der Waals surface area contributed by atoms with E-state index >= 15 is 0 Å². The van der Waals surface area contributed by atoms with E-state index in [0.29, 0.717) is 25.8 Å². The van der Waals surface area contributed by atoms with Gasteiger partial charge < -0.3 is 20.5 Å². The predicted octanol–water partition coefficient (Wildman–Crippen LogP) is 4.74. The van der Waals surface area contributed by atoms with Crippen molar-refractivity contribution in [1.29, 1.82) is 0 Å². The second kappa shape index (κ2) is 20.9. The highest BCUT2D eigenvalue weighted by atomic mass is 16.5. The van der Waals surface area contributed by atoms with Crippen molar-refractivity contribution in [2.24, 2.45) is 26.6 Å². The SMILES string of the molecule is CCCCCCC=CCCCCCCCC(=O)OCC1(NCCCCOC(=O)[C@@H](N)[C@@H](C)CC)N=C2N=CN=C2C(=O)N1. The molecule has 0 fully saturated rings. The molecule has 0 radical (unpaired) electrons. The van der Waals surface area contributed by atoms with E-state index in [4.69, 9.17) is 15.2 Å². The van der Waals surface area contributed by atoms with Gasteiger partial charge in [0.2, 0.25) is 5.79 Å². The van der Waals surface area contributed by atoms with Crippen LogP contribution >= 0.6 is 0 Å². The minimum Gasteiger partial charge on any atom is -0.465 e. The molecule has 2 rings (SSSR count). The standard InChI is InChI=1S/C32H54N6O5/c1-4-6-7-8-9-10-11-12-13-14-15-16-17-20-26(39)43-23-32(37-29-28(30(40)38-32)34-24-35-29)36-21-18-19-22-42-31(41)27(33)25(3)5-2/h10-11,24-25,27,36H,4-9,12-23,33H2,1-3H3,(H,38,40)/t25-,27-,32?/m0/s1. The quantitative estimate of drug-likeness (QED) is 0.0818. The van der Waals surface area contributed by atoms with Crippen molar-refractivity contribution in [3.63, 3.8) is 0 Å². The van der Waals surface area contributed by atoms with Crippen LogP contribution in [0.25, 0.3) is 0 Å². The zero-order chi connectivity index (χ0) is 31.3. The van der Waals surface area contributed by atoms with Crippen molar-refractivity contribution in [3.8, 4) is 0 Å². The van der Waals surface area contributed by atoms with Crippen LogP contribution in [0.5, 0.6) is 0 Å². The molecule has 0 aliphatic carbocycles. The van der Waals surface area contributed by atoms with Gasteiger partial charge in [-0.05, 0) is 57.4 Å². The van der Waals surface area contributed by atoms with E-state index in [2.05, 4.69) is 44.7 Å². The summed E-state index contributed by atoms with van der Waals surface area (Å²) in [7, 11) is 0. The van der Waals surface area contributed by atoms with Gasteiger partial charge in [-0.2, -0.15) is 0 Å². The van der Waals surface area contributed by atoms with Crippen LogP contribution in [0.3, 0.4) is 0 Å². The van der Waals surface area contributed by atoms with Crippen LogP contribution < -0.4 is 16.4 Å². The summed E-state index contributed by atoms with van der Waals surface area (Å²) in [6.07, 6.45) is 20.9. The number of unbranched alkanes of at least 4 members (excludes halogenated alkanes) is 10. The van der Waals surface area contributed by atoms with E-state index < -0.39 is 23.7 Å². The third-order valence-corrected chi connectivity index (χ3v) is 7.76. The molecule has 1 amide bonds. The molecule has 0 saturated carbocycles. The Morgan fingerprint density at radius 2 is 1.70 bits per heavy atom. The number of allylic oxidation sites excluding steroid dienone is 2. The fourth-order valence-corrected chi connectivity index (χ4v) is 4.68. The number of carbonyl (C=O) groups is 3. The van der Waals surface area contributed by atoms with Gasteiger partial charge in [0.25, 0.3) is 5.91 Å². The van der Waals surface area contributed by atoms with Crippen molar-refractivity contribution in [1.82, 2.24) is 10.6 Å². The van der Waals surface area contributed by atoms with Crippen LogP contribution in [0, 0.1) is 5.92 Å². The molecule has 11 heteroatoms. The Labute approximate surface area is 257 Å². The van der Waals surface area contributed by atoms with Gasteiger partial charge in [0.15, 0.2) is 11.5 Å². The molecule has 0 aromatic heterocycles. The summed E-state index contributed by atoms with van der Waals surface area (Å²) in [5.74, 6) is -2.26. The molecule has 0 bridgehead atoms. The van der Waals surface area contributed by atoms with Crippen LogP contribution in [-0.2, 0) is 23.9 Å². The molecule has 0 aromatic rings. The lowest BCUT2D eigenvalue weighted by atomic mass is 10.0. The maximum Gasteiger partial charge on any atom is 0.323 e. The number of hydrogen-bond donors (Lipinski definition) is 3. The Balaban J connectivity index is 1.69. The number of hydrogen-bond acceptors (Lipinski definition) is 10. The molecule has 2 heterocycles. The van der Waals surface area contributed by atoms with Crippen LogP contribution in [0.2, 0.25) is 0 Å². The highest BCUT2D eigenvalue weighted by Crippen LogP contribution is 2.16. The van der Waals surface area contributed by atoms with Gasteiger partial charge in [-0.15, -0.1) is 0 Å². The molecule has 0 aromatic carbocycles.